The van der Waals surface area contributed by atoms with Crippen LogP contribution in [-0.2, 0) is 6.42 Å². The lowest BCUT2D eigenvalue weighted by Crippen LogP contribution is -2.48. The number of rotatable bonds is 8. The first-order chi connectivity index (χ1) is 15.6. The Morgan fingerprint density at radius 3 is 2.56 bits per heavy atom. The number of ether oxygens (including phenoxy) is 1. The van der Waals surface area contributed by atoms with E-state index in [-0.39, 0.29) is 11.8 Å². The molecule has 1 fully saturated rings. The van der Waals surface area contributed by atoms with E-state index >= 15 is 0 Å². The number of carbonyl (C=O) groups excluding carboxylic acids is 1. The summed E-state index contributed by atoms with van der Waals surface area (Å²) in [5.74, 6) is 0.828. The van der Waals surface area contributed by atoms with Crippen molar-refractivity contribution in [1.82, 2.24) is 20.4 Å². The second-order valence-corrected chi connectivity index (χ2v) is 7.96. The lowest BCUT2D eigenvalue weighted by molar-refractivity contribution is 0.0911. The fourth-order valence-corrected chi connectivity index (χ4v) is 3.85. The number of benzene rings is 2. The van der Waals surface area contributed by atoms with E-state index in [1.54, 1.807) is 13.2 Å². The van der Waals surface area contributed by atoms with Gasteiger partial charge in [0.25, 0.3) is 0 Å². The average Bonchev–Trinajstić information content (AvgIpc) is 3.30. The normalized spacial score (nSPS) is 14.4. The largest absolute Gasteiger partial charge is 0.497 e. The summed E-state index contributed by atoms with van der Waals surface area (Å²) in [6, 6.07) is 15.6. The first-order valence-electron chi connectivity index (χ1n) is 10.6. The predicted octanol–water partition coefficient (Wildman–Crippen LogP) is 2.87. The third kappa shape index (κ3) is 5.57. The minimum Gasteiger partial charge on any atom is -0.497 e. The highest BCUT2D eigenvalue weighted by Crippen LogP contribution is 2.20. The van der Waals surface area contributed by atoms with Crippen molar-refractivity contribution >= 4 is 23.2 Å². The van der Waals surface area contributed by atoms with Gasteiger partial charge in [0, 0.05) is 50.0 Å². The quantitative estimate of drug-likeness (QED) is 0.559. The van der Waals surface area contributed by atoms with Crippen LogP contribution in [0, 0.1) is 0 Å². The van der Waals surface area contributed by atoms with Crippen molar-refractivity contribution in [3.05, 3.63) is 70.9 Å². The molecule has 4 rings (SSSR count). The maximum atomic E-state index is 12.3. The molecule has 2 heterocycles. The van der Waals surface area contributed by atoms with E-state index in [1.807, 2.05) is 30.3 Å². The Hall–Kier alpha value is -3.10. The highest BCUT2D eigenvalue weighted by Gasteiger charge is 2.19. The molecule has 3 aromatic rings. The van der Waals surface area contributed by atoms with Crippen molar-refractivity contribution in [2.24, 2.45) is 0 Å². The zero-order valence-corrected chi connectivity index (χ0v) is 18.7. The molecule has 1 aromatic heterocycles. The Balaban J connectivity index is 1.19. The van der Waals surface area contributed by atoms with Crippen molar-refractivity contribution in [1.29, 1.82) is 0 Å². The summed E-state index contributed by atoms with van der Waals surface area (Å²) in [6.45, 7) is 5.03. The van der Waals surface area contributed by atoms with Gasteiger partial charge in [-0.15, -0.1) is 10.2 Å². The van der Waals surface area contributed by atoms with E-state index in [4.69, 9.17) is 20.8 Å². The fourth-order valence-electron chi connectivity index (χ4n) is 3.65. The third-order valence-corrected chi connectivity index (χ3v) is 5.85. The first-order valence-corrected chi connectivity index (χ1v) is 11.0. The number of hydrogen-bond acceptors (Lipinski definition) is 7. The number of nitrogens with zero attached hydrogens (tertiary/aromatic N) is 4. The number of halogens is 1. The molecule has 8 nitrogen and oxygen atoms in total. The molecule has 1 N–H and O–H groups in total. The van der Waals surface area contributed by atoms with Gasteiger partial charge in [0.15, 0.2) is 0 Å². The van der Waals surface area contributed by atoms with Gasteiger partial charge in [-0.25, -0.2) is 0 Å². The van der Waals surface area contributed by atoms with Gasteiger partial charge in [0.2, 0.25) is 5.89 Å². The molecular weight excluding hydrogens is 430 g/mol. The molecule has 1 saturated heterocycles. The molecule has 1 aliphatic rings. The van der Waals surface area contributed by atoms with Crippen LogP contribution in [0.2, 0.25) is 5.02 Å². The van der Waals surface area contributed by atoms with E-state index < -0.39 is 0 Å². The second kappa shape index (κ2) is 10.5. The van der Waals surface area contributed by atoms with Crippen LogP contribution in [0.5, 0.6) is 5.75 Å². The number of hydrogen-bond donors (Lipinski definition) is 1. The molecule has 0 spiro atoms. The first kappa shape index (κ1) is 22.1. The average molecular weight is 456 g/mol. The van der Waals surface area contributed by atoms with Crippen molar-refractivity contribution in [3.8, 4) is 5.75 Å². The van der Waals surface area contributed by atoms with Crippen LogP contribution in [0.15, 0.2) is 52.9 Å². The lowest BCUT2D eigenvalue weighted by Gasteiger charge is -2.36. The molecule has 0 unspecified atom stereocenters. The third-order valence-electron chi connectivity index (χ3n) is 5.48. The molecule has 0 radical (unpaired) electrons. The van der Waals surface area contributed by atoms with Gasteiger partial charge in [-0.1, -0.05) is 29.8 Å². The molecule has 32 heavy (non-hydrogen) atoms. The summed E-state index contributed by atoms with van der Waals surface area (Å²) in [6.07, 6.45) is 0.387. The van der Waals surface area contributed by atoms with Crippen molar-refractivity contribution in [3.63, 3.8) is 0 Å². The molecule has 0 bridgehead atoms. The molecule has 1 amide bonds. The lowest BCUT2D eigenvalue weighted by atomic mass is 10.1. The van der Waals surface area contributed by atoms with Crippen LogP contribution in [0.4, 0.5) is 5.69 Å². The van der Waals surface area contributed by atoms with Crippen LogP contribution < -0.4 is 15.0 Å². The minimum absolute atomic E-state index is 0.0311. The highest BCUT2D eigenvalue weighted by molar-refractivity contribution is 6.31. The monoisotopic (exact) mass is 455 g/mol. The molecule has 9 heteroatoms. The van der Waals surface area contributed by atoms with Crippen LogP contribution in [0.25, 0.3) is 0 Å². The van der Waals surface area contributed by atoms with Gasteiger partial charge in [0.1, 0.15) is 5.75 Å². The number of carbonyl (C=O) groups is 1. The molecule has 168 valence electrons. The molecule has 2 aromatic carbocycles. The number of methoxy groups -OCH3 is 1. The minimum atomic E-state index is -0.361. The fraction of sp³-hybridized carbons (Fsp3) is 0.348. The van der Waals surface area contributed by atoms with E-state index in [1.165, 1.54) is 5.69 Å². The van der Waals surface area contributed by atoms with Crippen LogP contribution >= 0.6 is 11.6 Å². The Kier molecular flexibility index (Phi) is 7.24. The van der Waals surface area contributed by atoms with E-state index in [9.17, 15) is 4.79 Å². The molecule has 1 aliphatic heterocycles. The SMILES string of the molecule is COc1ccc(N2CCN(CCNC(=O)c3nnc(Cc4ccccc4Cl)o3)CC2)cc1. The maximum Gasteiger partial charge on any atom is 0.308 e. The Bertz CT molecular complexity index is 1030. The number of nitrogens with one attached hydrogen (secondary N) is 1. The van der Waals surface area contributed by atoms with Gasteiger partial charge < -0.3 is 19.4 Å². The van der Waals surface area contributed by atoms with Crippen LogP contribution in [-0.4, -0.2) is 67.4 Å². The van der Waals surface area contributed by atoms with Gasteiger partial charge in [-0.3, -0.25) is 9.69 Å². The van der Waals surface area contributed by atoms with Crippen LogP contribution in [0.3, 0.4) is 0 Å². The second-order valence-electron chi connectivity index (χ2n) is 7.55. The standard InChI is InChI=1S/C23H26ClN5O3/c1-31-19-8-6-18(7-9-19)29-14-12-28(13-15-29)11-10-25-22(30)23-27-26-21(32-23)16-17-4-2-3-5-20(17)24/h2-9H,10-16H2,1H3,(H,25,30). The zero-order valence-electron chi connectivity index (χ0n) is 18.0. The van der Waals surface area contributed by atoms with Gasteiger partial charge in [-0.2, -0.15) is 0 Å². The molecule has 0 saturated carbocycles. The van der Waals surface area contributed by atoms with Crippen molar-refractivity contribution in [2.75, 3.05) is 51.3 Å². The van der Waals surface area contributed by atoms with E-state index in [2.05, 4.69) is 37.4 Å². The van der Waals surface area contributed by atoms with Crippen molar-refractivity contribution in [2.45, 2.75) is 6.42 Å². The van der Waals surface area contributed by atoms with Gasteiger partial charge in [0.05, 0.1) is 13.5 Å². The molecular formula is C23H26ClN5O3. The van der Waals surface area contributed by atoms with Crippen molar-refractivity contribution < 1.29 is 13.9 Å². The molecule has 0 aliphatic carbocycles. The molecule has 0 atom stereocenters. The number of anilines is 1. The smallest absolute Gasteiger partial charge is 0.308 e. The van der Waals surface area contributed by atoms with Gasteiger partial charge >= 0.3 is 11.8 Å². The van der Waals surface area contributed by atoms with Crippen LogP contribution in [0.1, 0.15) is 22.1 Å². The zero-order chi connectivity index (χ0) is 22.3. The summed E-state index contributed by atoms with van der Waals surface area (Å²) < 4.78 is 10.7. The van der Waals surface area contributed by atoms with E-state index in [0.717, 1.165) is 44.0 Å². The van der Waals surface area contributed by atoms with Gasteiger partial charge in [-0.05, 0) is 35.9 Å². The number of aromatic nitrogens is 2. The summed E-state index contributed by atoms with van der Waals surface area (Å²) >= 11 is 6.16. The highest BCUT2D eigenvalue weighted by atomic mass is 35.5. The number of amides is 1. The summed E-state index contributed by atoms with van der Waals surface area (Å²) in [5, 5.41) is 11.3. The summed E-state index contributed by atoms with van der Waals surface area (Å²) in [7, 11) is 1.67. The number of piperazine rings is 1. The van der Waals surface area contributed by atoms with E-state index in [0.29, 0.717) is 23.9 Å². The summed E-state index contributed by atoms with van der Waals surface area (Å²) in [4.78, 5) is 17.0. The Labute approximate surface area is 192 Å². The topological polar surface area (TPSA) is 83.7 Å². The predicted molar refractivity (Wildman–Crippen MR) is 123 cm³/mol. The summed E-state index contributed by atoms with van der Waals surface area (Å²) in [5.41, 5.74) is 2.07. The Morgan fingerprint density at radius 1 is 1.09 bits per heavy atom. The Morgan fingerprint density at radius 2 is 1.84 bits per heavy atom. The maximum absolute atomic E-state index is 12.3.